The minimum atomic E-state index is -0.157. The van der Waals surface area contributed by atoms with Crippen LogP contribution in [0.3, 0.4) is 0 Å². The Bertz CT molecular complexity index is 630. The number of rotatable bonds is 1. The van der Waals surface area contributed by atoms with E-state index in [4.69, 9.17) is 0 Å². The fourth-order valence-corrected chi connectivity index (χ4v) is 6.49. The van der Waals surface area contributed by atoms with Gasteiger partial charge in [0.2, 0.25) is 0 Å². The van der Waals surface area contributed by atoms with Crippen LogP contribution in [0.1, 0.15) is 59.3 Å². The molecule has 4 rings (SSSR count). The van der Waals surface area contributed by atoms with Crippen molar-refractivity contribution in [3.63, 3.8) is 0 Å². The highest BCUT2D eigenvalue weighted by Crippen LogP contribution is 2.68. The number of fused-ring (bicyclic) bond motifs is 5. The second-order valence-electron chi connectivity index (χ2n) is 9.16. The third kappa shape index (κ3) is 1.81. The highest BCUT2D eigenvalue weighted by molar-refractivity contribution is 5.92. The standard InChI is InChI=1S/C21H28O2/c1-19(13-22)9-7-18-16-5-4-14-12-15(23)6-10-20(14,2)17(16)8-11-21(18,19)3/h4-5,12-13,16-18H,6-11H2,1-3H3/t16-,17+,18+,19?,20+,21+/m1/s1. The van der Waals surface area contributed by atoms with Crippen molar-refractivity contribution in [2.24, 2.45) is 34.0 Å². The van der Waals surface area contributed by atoms with Crippen molar-refractivity contribution in [1.82, 2.24) is 0 Å². The second kappa shape index (κ2) is 4.68. The lowest BCUT2D eigenvalue weighted by Gasteiger charge is -2.57. The van der Waals surface area contributed by atoms with E-state index in [-0.39, 0.29) is 22.0 Å². The molecule has 1 unspecified atom stereocenters. The lowest BCUT2D eigenvalue weighted by Crippen LogP contribution is -2.51. The average Bonchev–Trinajstić information content (AvgIpc) is 2.80. The molecule has 0 aliphatic heterocycles. The fraction of sp³-hybridized carbons (Fsp3) is 0.714. The Morgan fingerprint density at radius 2 is 1.83 bits per heavy atom. The Morgan fingerprint density at radius 1 is 1.09 bits per heavy atom. The van der Waals surface area contributed by atoms with Gasteiger partial charge in [0.1, 0.15) is 6.29 Å². The lowest BCUT2D eigenvalue weighted by atomic mass is 9.47. The molecule has 0 radical (unpaired) electrons. The number of aldehydes is 1. The van der Waals surface area contributed by atoms with E-state index in [2.05, 4.69) is 32.9 Å². The van der Waals surface area contributed by atoms with Gasteiger partial charge < -0.3 is 4.79 Å². The summed E-state index contributed by atoms with van der Waals surface area (Å²) in [6.07, 6.45) is 14.0. The molecular weight excluding hydrogens is 284 g/mol. The maximum absolute atomic E-state index is 11.8. The maximum atomic E-state index is 11.8. The fourth-order valence-electron chi connectivity index (χ4n) is 6.49. The van der Waals surface area contributed by atoms with E-state index in [1.54, 1.807) is 0 Å². The van der Waals surface area contributed by atoms with Crippen LogP contribution in [0.2, 0.25) is 0 Å². The van der Waals surface area contributed by atoms with Gasteiger partial charge in [0.05, 0.1) is 0 Å². The summed E-state index contributed by atoms with van der Waals surface area (Å²) >= 11 is 0. The molecular formula is C21H28O2. The summed E-state index contributed by atoms with van der Waals surface area (Å²) in [5, 5.41) is 0. The Labute approximate surface area is 139 Å². The number of carbonyl (C=O) groups is 2. The Kier molecular flexibility index (Phi) is 3.12. The van der Waals surface area contributed by atoms with E-state index in [0.29, 0.717) is 24.2 Å². The molecule has 4 aliphatic rings. The molecule has 2 heteroatoms. The molecule has 2 saturated carbocycles. The molecule has 0 bridgehead atoms. The summed E-state index contributed by atoms with van der Waals surface area (Å²) < 4.78 is 0. The first-order valence-corrected chi connectivity index (χ1v) is 9.24. The first-order chi connectivity index (χ1) is 10.8. The molecule has 0 aromatic heterocycles. The molecule has 23 heavy (non-hydrogen) atoms. The van der Waals surface area contributed by atoms with Crippen molar-refractivity contribution < 1.29 is 9.59 Å². The summed E-state index contributed by atoms with van der Waals surface area (Å²) in [5.74, 6) is 2.11. The summed E-state index contributed by atoms with van der Waals surface area (Å²) in [7, 11) is 0. The van der Waals surface area contributed by atoms with Crippen LogP contribution < -0.4 is 0 Å². The topological polar surface area (TPSA) is 34.1 Å². The van der Waals surface area contributed by atoms with Crippen molar-refractivity contribution >= 4 is 12.1 Å². The second-order valence-corrected chi connectivity index (χ2v) is 9.16. The zero-order valence-electron chi connectivity index (χ0n) is 14.6. The molecule has 0 amide bonds. The molecule has 0 spiro atoms. The first kappa shape index (κ1) is 15.4. The van der Waals surface area contributed by atoms with Crippen LogP contribution in [0, 0.1) is 34.0 Å². The summed E-state index contributed by atoms with van der Waals surface area (Å²) in [4.78, 5) is 23.6. The van der Waals surface area contributed by atoms with E-state index >= 15 is 0 Å². The first-order valence-electron chi connectivity index (χ1n) is 9.24. The molecule has 0 N–H and O–H groups in total. The molecule has 0 aromatic carbocycles. The minimum Gasteiger partial charge on any atom is -0.303 e. The van der Waals surface area contributed by atoms with Crippen LogP contribution in [0.5, 0.6) is 0 Å². The van der Waals surface area contributed by atoms with Gasteiger partial charge in [0, 0.05) is 11.8 Å². The largest absolute Gasteiger partial charge is 0.303 e. The van der Waals surface area contributed by atoms with Crippen molar-refractivity contribution in [3.8, 4) is 0 Å². The van der Waals surface area contributed by atoms with Crippen molar-refractivity contribution in [2.75, 3.05) is 0 Å². The van der Waals surface area contributed by atoms with Gasteiger partial charge in [-0.15, -0.1) is 0 Å². The van der Waals surface area contributed by atoms with Gasteiger partial charge in [0.15, 0.2) is 5.78 Å². The van der Waals surface area contributed by atoms with Crippen molar-refractivity contribution in [1.29, 1.82) is 0 Å². The summed E-state index contributed by atoms with van der Waals surface area (Å²) in [6, 6.07) is 0. The van der Waals surface area contributed by atoms with Gasteiger partial charge in [-0.05, 0) is 72.3 Å². The number of ketones is 1. The monoisotopic (exact) mass is 312 g/mol. The molecule has 0 aromatic rings. The smallest absolute Gasteiger partial charge is 0.156 e. The van der Waals surface area contributed by atoms with E-state index in [0.717, 1.165) is 19.3 Å². The quantitative estimate of drug-likeness (QED) is 0.668. The van der Waals surface area contributed by atoms with Crippen LogP contribution in [0.15, 0.2) is 23.8 Å². The summed E-state index contributed by atoms with van der Waals surface area (Å²) in [6.45, 7) is 6.92. The molecule has 0 saturated heterocycles. The van der Waals surface area contributed by atoms with Gasteiger partial charge in [-0.3, -0.25) is 4.79 Å². The average molecular weight is 312 g/mol. The molecule has 124 valence electrons. The normalized spacial score (nSPS) is 51.5. The number of hydrogen-bond acceptors (Lipinski definition) is 2. The predicted octanol–water partition coefficient (Wildman–Crippen LogP) is 4.50. The zero-order chi connectivity index (χ0) is 16.5. The maximum Gasteiger partial charge on any atom is 0.156 e. The van der Waals surface area contributed by atoms with Crippen LogP contribution in [-0.2, 0) is 9.59 Å². The summed E-state index contributed by atoms with van der Waals surface area (Å²) in [5.41, 5.74) is 1.41. The lowest BCUT2D eigenvalue weighted by molar-refractivity contribution is -0.126. The van der Waals surface area contributed by atoms with Crippen LogP contribution in [0.25, 0.3) is 0 Å². The Balaban J connectivity index is 1.75. The van der Waals surface area contributed by atoms with E-state index in [1.807, 2.05) is 6.08 Å². The van der Waals surface area contributed by atoms with E-state index in [9.17, 15) is 9.59 Å². The number of carbonyl (C=O) groups excluding carboxylic acids is 2. The van der Waals surface area contributed by atoms with Crippen LogP contribution in [0.4, 0.5) is 0 Å². The SMILES string of the molecule is CC1(C=O)CC[C@H]2[C@@H]3C=CC4=CC(=O)CC[C@]4(C)[C@H]3CC[C@@]21C. The van der Waals surface area contributed by atoms with Crippen LogP contribution in [-0.4, -0.2) is 12.1 Å². The minimum absolute atomic E-state index is 0.141. The third-order valence-electron chi connectivity index (χ3n) is 8.44. The van der Waals surface area contributed by atoms with Gasteiger partial charge >= 0.3 is 0 Å². The Morgan fingerprint density at radius 3 is 2.57 bits per heavy atom. The molecule has 6 atom stereocenters. The van der Waals surface area contributed by atoms with Gasteiger partial charge in [-0.1, -0.05) is 32.9 Å². The van der Waals surface area contributed by atoms with Gasteiger partial charge in [-0.2, -0.15) is 0 Å². The van der Waals surface area contributed by atoms with E-state index < -0.39 is 0 Å². The highest BCUT2D eigenvalue weighted by Gasteiger charge is 2.61. The third-order valence-corrected chi connectivity index (χ3v) is 8.44. The van der Waals surface area contributed by atoms with Gasteiger partial charge in [-0.25, -0.2) is 0 Å². The van der Waals surface area contributed by atoms with Crippen molar-refractivity contribution in [2.45, 2.75) is 59.3 Å². The number of hydrogen-bond donors (Lipinski definition) is 0. The van der Waals surface area contributed by atoms with Crippen LogP contribution >= 0.6 is 0 Å². The highest BCUT2D eigenvalue weighted by atomic mass is 16.1. The molecule has 0 heterocycles. The van der Waals surface area contributed by atoms with E-state index in [1.165, 1.54) is 24.7 Å². The number of allylic oxidation sites excluding steroid dienone is 4. The molecule has 2 fully saturated rings. The molecule has 4 aliphatic carbocycles. The van der Waals surface area contributed by atoms with Crippen molar-refractivity contribution in [3.05, 3.63) is 23.8 Å². The molecule has 2 nitrogen and oxygen atoms in total. The zero-order valence-corrected chi connectivity index (χ0v) is 14.6. The van der Waals surface area contributed by atoms with Gasteiger partial charge in [0.25, 0.3) is 0 Å². The Hall–Kier alpha value is -1.18. The predicted molar refractivity (Wildman–Crippen MR) is 90.8 cm³/mol.